The van der Waals surface area contributed by atoms with Crippen LogP contribution in [0.5, 0.6) is 0 Å². The van der Waals surface area contributed by atoms with Gasteiger partial charge in [-0.15, -0.1) is 0 Å². The summed E-state index contributed by atoms with van der Waals surface area (Å²) in [4.78, 5) is 31.3. The maximum atomic E-state index is 12.5. The molecule has 0 spiro atoms. The molecule has 22 heavy (non-hydrogen) atoms. The molecular formula is C17H14N2O3. The third-order valence-electron chi connectivity index (χ3n) is 3.40. The number of hydrogen-bond donors (Lipinski definition) is 1. The normalized spacial score (nSPS) is 12.0. The van der Waals surface area contributed by atoms with Gasteiger partial charge in [0.05, 0.1) is 5.56 Å². The molecule has 1 N–H and O–H groups in total. The van der Waals surface area contributed by atoms with Crippen molar-refractivity contribution in [2.24, 2.45) is 0 Å². The summed E-state index contributed by atoms with van der Waals surface area (Å²) in [6.45, 7) is 1.57. The predicted molar refractivity (Wildman–Crippen MR) is 81.7 cm³/mol. The first kappa shape index (κ1) is 14.0. The van der Waals surface area contributed by atoms with Gasteiger partial charge in [0.1, 0.15) is 0 Å². The van der Waals surface area contributed by atoms with E-state index in [0.29, 0.717) is 11.1 Å². The summed E-state index contributed by atoms with van der Waals surface area (Å²) in [5.41, 5.74) is 1.71. The number of aromatic nitrogens is 2. The Balaban J connectivity index is 1.79. The number of nitrogens with one attached hydrogen (secondary N) is 1. The molecule has 1 atom stereocenters. The summed E-state index contributed by atoms with van der Waals surface area (Å²) in [5, 5.41) is 0.816. The standard InChI is InChI=1S/C17H14N2O3/c1-11(22-17(21)12-5-4-8-18-9-12)16(20)14-10-19-15-7-3-2-6-13(14)15/h2-11,19H,1H3. The summed E-state index contributed by atoms with van der Waals surface area (Å²) < 4.78 is 5.23. The molecule has 0 radical (unpaired) electrons. The number of carbonyl (C=O) groups excluding carboxylic acids is 2. The Kier molecular flexibility index (Phi) is 3.70. The molecule has 0 saturated carbocycles. The quantitative estimate of drug-likeness (QED) is 0.593. The van der Waals surface area contributed by atoms with Crippen LogP contribution in [0.25, 0.3) is 10.9 Å². The number of esters is 1. The zero-order valence-electron chi connectivity index (χ0n) is 11.9. The fraction of sp³-hybridized carbons (Fsp3) is 0.118. The second kappa shape index (κ2) is 5.81. The zero-order valence-corrected chi connectivity index (χ0v) is 11.9. The molecule has 110 valence electrons. The number of carbonyl (C=O) groups is 2. The first-order valence-electron chi connectivity index (χ1n) is 6.88. The summed E-state index contributed by atoms with van der Waals surface area (Å²) in [6, 6.07) is 10.7. The van der Waals surface area contributed by atoms with E-state index in [-0.39, 0.29) is 5.78 Å². The van der Waals surface area contributed by atoms with Crippen LogP contribution in [0.15, 0.2) is 55.0 Å². The molecule has 0 aliphatic carbocycles. The molecule has 3 aromatic rings. The molecule has 0 fully saturated rings. The monoisotopic (exact) mass is 294 g/mol. The molecule has 1 unspecified atom stereocenters. The van der Waals surface area contributed by atoms with Crippen molar-refractivity contribution in [3.05, 3.63) is 66.1 Å². The van der Waals surface area contributed by atoms with E-state index in [9.17, 15) is 9.59 Å². The van der Waals surface area contributed by atoms with E-state index in [0.717, 1.165) is 10.9 Å². The minimum atomic E-state index is -0.869. The van der Waals surface area contributed by atoms with Crippen molar-refractivity contribution < 1.29 is 14.3 Å². The topological polar surface area (TPSA) is 72.0 Å². The van der Waals surface area contributed by atoms with E-state index < -0.39 is 12.1 Å². The van der Waals surface area contributed by atoms with Crippen molar-refractivity contribution in [3.8, 4) is 0 Å². The fourth-order valence-corrected chi connectivity index (χ4v) is 2.26. The van der Waals surface area contributed by atoms with Crippen molar-refractivity contribution in [2.45, 2.75) is 13.0 Å². The Hall–Kier alpha value is -2.95. The van der Waals surface area contributed by atoms with E-state index >= 15 is 0 Å². The Morgan fingerprint density at radius 3 is 2.77 bits per heavy atom. The van der Waals surface area contributed by atoms with Crippen LogP contribution in [-0.4, -0.2) is 27.8 Å². The van der Waals surface area contributed by atoms with Crippen LogP contribution >= 0.6 is 0 Å². The minimum absolute atomic E-state index is 0.241. The van der Waals surface area contributed by atoms with E-state index in [1.165, 1.54) is 6.20 Å². The lowest BCUT2D eigenvalue weighted by Crippen LogP contribution is -2.24. The van der Waals surface area contributed by atoms with E-state index in [2.05, 4.69) is 9.97 Å². The average molecular weight is 294 g/mol. The molecular weight excluding hydrogens is 280 g/mol. The van der Waals surface area contributed by atoms with Gasteiger partial charge in [-0.05, 0) is 25.1 Å². The van der Waals surface area contributed by atoms with Crippen LogP contribution in [0.2, 0.25) is 0 Å². The van der Waals surface area contributed by atoms with Gasteiger partial charge in [0.15, 0.2) is 6.10 Å². The number of benzene rings is 1. The Labute approximate surface area is 126 Å². The van der Waals surface area contributed by atoms with Gasteiger partial charge in [-0.3, -0.25) is 9.78 Å². The van der Waals surface area contributed by atoms with Crippen LogP contribution in [0, 0.1) is 0 Å². The number of aromatic amines is 1. The van der Waals surface area contributed by atoms with Gasteiger partial charge in [-0.1, -0.05) is 18.2 Å². The van der Waals surface area contributed by atoms with Crippen molar-refractivity contribution in [1.29, 1.82) is 0 Å². The molecule has 5 nitrogen and oxygen atoms in total. The number of nitrogens with zero attached hydrogens (tertiary/aromatic N) is 1. The number of rotatable bonds is 4. The molecule has 0 aliphatic heterocycles. The summed E-state index contributed by atoms with van der Waals surface area (Å²) in [7, 11) is 0. The first-order valence-corrected chi connectivity index (χ1v) is 6.88. The number of ketones is 1. The lowest BCUT2D eigenvalue weighted by atomic mass is 10.1. The Morgan fingerprint density at radius 1 is 1.18 bits per heavy atom. The first-order chi connectivity index (χ1) is 10.7. The largest absolute Gasteiger partial charge is 0.451 e. The summed E-state index contributed by atoms with van der Waals surface area (Å²) in [5.74, 6) is -0.802. The molecule has 3 rings (SSSR count). The number of H-pyrrole nitrogens is 1. The number of Topliss-reactive ketones (excluding diaryl/α,β-unsaturated/α-hetero) is 1. The van der Waals surface area contributed by atoms with Crippen molar-refractivity contribution in [1.82, 2.24) is 9.97 Å². The molecule has 0 bridgehead atoms. The number of pyridine rings is 1. The Bertz CT molecular complexity index is 824. The lowest BCUT2D eigenvalue weighted by Gasteiger charge is -2.11. The van der Waals surface area contributed by atoms with Crippen LogP contribution < -0.4 is 0 Å². The summed E-state index contributed by atoms with van der Waals surface area (Å²) in [6.07, 6.45) is 3.75. The van der Waals surface area contributed by atoms with Crippen LogP contribution in [0.1, 0.15) is 27.6 Å². The molecule has 2 heterocycles. The van der Waals surface area contributed by atoms with Gasteiger partial charge < -0.3 is 9.72 Å². The third-order valence-corrected chi connectivity index (χ3v) is 3.40. The van der Waals surface area contributed by atoms with Crippen LogP contribution in [0.4, 0.5) is 0 Å². The van der Waals surface area contributed by atoms with E-state index in [1.807, 2.05) is 24.3 Å². The summed E-state index contributed by atoms with van der Waals surface area (Å²) >= 11 is 0. The highest BCUT2D eigenvalue weighted by Gasteiger charge is 2.22. The van der Waals surface area contributed by atoms with Crippen molar-refractivity contribution in [2.75, 3.05) is 0 Å². The molecule has 5 heteroatoms. The Morgan fingerprint density at radius 2 is 2.00 bits per heavy atom. The maximum Gasteiger partial charge on any atom is 0.340 e. The number of fused-ring (bicyclic) bond motifs is 1. The maximum absolute atomic E-state index is 12.5. The smallest absolute Gasteiger partial charge is 0.340 e. The molecule has 1 aromatic carbocycles. The predicted octanol–water partition coefficient (Wildman–Crippen LogP) is 2.99. The van der Waals surface area contributed by atoms with Gasteiger partial charge in [0.25, 0.3) is 0 Å². The van der Waals surface area contributed by atoms with Gasteiger partial charge in [0.2, 0.25) is 5.78 Å². The third kappa shape index (κ3) is 2.61. The fourth-order valence-electron chi connectivity index (χ4n) is 2.26. The van der Waals surface area contributed by atoms with Gasteiger partial charge in [0, 0.05) is 35.1 Å². The average Bonchev–Trinajstić information content (AvgIpc) is 2.99. The van der Waals surface area contributed by atoms with E-state index in [4.69, 9.17) is 4.74 Å². The highest BCUT2D eigenvalue weighted by molar-refractivity contribution is 6.10. The lowest BCUT2D eigenvalue weighted by molar-refractivity contribution is 0.0319. The molecule has 2 aromatic heterocycles. The second-order valence-corrected chi connectivity index (χ2v) is 4.90. The molecule has 0 saturated heterocycles. The number of ether oxygens (including phenoxy) is 1. The highest BCUT2D eigenvalue weighted by atomic mass is 16.5. The van der Waals surface area contributed by atoms with Crippen molar-refractivity contribution >= 4 is 22.7 Å². The van der Waals surface area contributed by atoms with Gasteiger partial charge >= 0.3 is 5.97 Å². The van der Waals surface area contributed by atoms with Gasteiger partial charge in [-0.25, -0.2) is 4.79 Å². The zero-order chi connectivity index (χ0) is 15.5. The van der Waals surface area contributed by atoms with Crippen molar-refractivity contribution in [3.63, 3.8) is 0 Å². The van der Waals surface area contributed by atoms with E-state index in [1.54, 1.807) is 31.5 Å². The molecule has 0 amide bonds. The number of hydrogen-bond acceptors (Lipinski definition) is 4. The highest BCUT2D eigenvalue weighted by Crippen LogP contribution is 2.20. The van der Waals surface area contributed by atoms with Crippen LogP contribution in [0.3, 0.4) is 0 Å². The minimum Gasteiger partial charge on any atom is -0.451 e. The second-order valence-electron chi connectivity index (χ2n) is 4.90. The van der Waals surface area contributed by atoms with Crippen LogP contribution in [-0.2, 0) is 4.74 Å². The molecule has 0 aliphatic rings. The number of para-hydroxylation sites is 1. The van der Waals surface area contributed by atoms with Gasteiger partial charge in [-0.2, -0.15) is 0 Å². The SMILES string of the molecule is CC(OC(=O)c1cccnc1)C(=O)c1c[nH]c2ccccc12.